The summed E-state index contributed by atoms with van der Waals surface area (Å²) < 4.78 is 46.2. The fourth-order valence-corrected chi connectivity index (χ4v) is 3.91. The Morgan fingerprint density at radius 2 is 1.97 bits per heavy atom. The molecule has 0 radical (unpaired) electrons. The highest BCUT2D eigenvalue weighted by Gasteiger charge is 2.31. The molecule has 3 aromatic carbocycles. The molecule has 2 heterocycles. The molecule has 0 unspecified atom stereocenters. The second-order valence-electron chi connectivity index (χ2n) is 8.36. The minimum atomic E-state index is -4.49. The number of halogens is 3. The number of fused-ring (bicyclic) bond motifs is 1. The van der Waals surface area contributed by atoms with Gasteiger partial charge in [-0.1, -0.05) is 23.4 Å². The zero-order valence-electron chi connectivity index (χ0n) is 19.8. The number of aromatic nitrogens is 3. The summed E-state index contributed by atoms with van der Waals surface area (Å²) in [5.41, 5.74) is 3.38. The van der Waals surface area contributed by atoms with Crippen LogP contribution in [0.2, 0.25) is 0 Å². The summed E-state index contributed by atoms with van der Waals surface area (Å²) in [5.74, 6) is -0.522. The van der Waals surface area contributed by atoms with Crippen LogP contribution in [0, 0.1) is 11.3 Å². The Hall–Kier alpha value is -5.44. The molecule has 5 rings (SSSR count). The van der Waals surface area contributed by atoms with Crippen molar-refractivity contribution in [2.75, 3.05) is 0 Å². The topological polar surface area (TPSA) is 129 Å². The van der Waals surface area contributed by atoms with Gasteiger partial charge >= 0.3 is 6.18 Å². The van der Waals surface area contributed by atoms with Gasteiger partial charge in [0, 0.05) is 33.8 Å². The molecule has 0 atom stereocenters. The predicted molar refractivity (Wildman–Crippen MR) is 134 cm³/mol. The first kappa shape index (κ1) is 25.2. The SMILES string of the molecule is N#Cc1cc(C(=O)NN=Cc2cccc3c2ccn3Cc2noc(-c3cccc(C(F)(F)F)c3)n2)ccc1O. The van der Waals surface area contributed by atoms with Gasteiger partial charge in [0.2, 0.25) is 0 Å². The van der Waals surface area contributed by atoms with Gasteiger partial charge in [0.15, 0.2) is 5.82 Å². The number of nitriles is 1. The lowest BCUT2D eigenvalue weighted by Gasteiger charge is -2.06. The van der Waals surface area contributed by atoms with Crippen molar-refractivity contribution in [1.29, 1.82) is 5.26 Å². The van der Waals surface area contributed by atoms with Crippen LogP contribution in [0.3, 0.4) is 0 Å². The van der Waals surface area contributed by atoms with Crippen molar-refractivity contribution in [3.63, 3.8) is 0 Å². The van der Waals surface area contributed by atoms with Crippen molar-refractivity contribution in [2.45, 2.75) is 12.7 Å². The minimum Gasteiger partial charge on any atom is -0.507 e. The number of phenolic OH excluding ortho intramolecular Hbond substituents is 1. The number of carbonyl (C=O) groups is 1. The molecule has 0 aliphatic rings. The van der Waals surface area contributed by atoms with Crippen LogP contribution in [-0.2, 0) is 12.7 Å². The maximum absolute atomic E-state index is 13.0. The van der Waals surface area contributed by atoms with Crippen LogP contribution in [0.15, 0.2) is 82.6 Å². The number of benzene rings is 3. The number of hydrogen-bond acceptors (Lipinski definition) is 7. The number of amides is 1. The van der Waals surface area contributed by atoms with E-state index in [4.69, 9.17) is 9.78 Å². The monoisotopic (exact) mass is 530 g/mol. The summed E-state index contributed by atoms with van der Waals surface area (Å²) in [7, 11) is 0. The lowest BCUT2D eigenvalue weighted by molar-refractivity contribution is -0.137. The van der Waals surface area contributed by atoms with Gasteiger partial charge < -0.3 is 14.2 Å². The fraction of sp³-hybridized carbons (Fsp3) is 0.0741. The first-order valence-corrected chi connectivity index (χ1v) is 11.4. The van der Waals surface area contributed by atoms with Crippen molar-refractivity contribution in [3.8, 4) is 23.3 Å². The largest absolute Gasteiger partial charge is 0.507 e. The number of hydrazone groups is 1. The molecule has 2 aromatic heterocycles. The van der Waals surface area contributed by atoms with Gasteiger partial charge in [-0.2, -0.15) is 28.5 Å². The Morgan fingerprint density at radius 1 is 1.15 bits per heavy atom. The summed E-state index contributed by atoms with van der Waals surface area (Å²) >= 11 is 0. The number of aromatic hydroxyl groups is 1. The molecular formula is C27H17F3N6O3. The van der Waals surface area contributed by atoms with E-state index in [1.165, 1.54) is 36.5 Å². The molecule has 194 valence electrons. The van der Waals surface area contributed by atoms with Gasteiger partial charge in [-0.15, -0.1) is 0 Å². The van der Waals surface area contributed by atoms with E-state index in [1.807, 2.05) is 16.7 Å². The third-order valence-electron chi connectivity index (χ3n) is 5.81. The van der Waals surface area contributed by atoms with Gasteiger partial charge in [-0.25, -0.2) is 5.43 Å². The first-order chi connectivity index (χ1) is 18.7. The molecule has 0 bridgehead atoms. The minimum absolute atomic E-state index is 0.0216. The van der Waals surface area contributed by atoms with E-state index in [-0.39, 0.29) is 40.7 Å². The van der Waals surface area contributed by atoms with E-state index in [0.29, 0.717) is 5.56 Å². The summed E-state index contributed by atoms with van der Waals surface area (Å²) in [4.78, 5) is 16.6. The zero-order chi connectivity index (χ0) is 27.6. The molecule has 5 aromatic rings. The van der Waals surface area contributed by atoms with Crippen LogP contribution in [0.5, 0.6) is 5.75 Å². The molecule has 1 amide bonds. The average molecular weight is 530 g/mol. The van der Waals surface area contributed by atoms with Crippen molar-refractivity contribution in [2.24, 2.45) is 5.10 Å². The third-order valence-corrected chi connectivity index (χ3v) is 5.81. The number of phenols is 1. The Bertz CT molecular complexity index is 1760. The lowest BCUT2D eigenvalue weighted by Crippen LogP contribution is -2.17. The highest BCUT2D eigenvalue weighted by atomic mass is 19.4. The zero-order valence-corrected chi connectivity index (χ0v) is 19.8. The van der Waals surface area contributed by atoms with Crippen LogP contribution in [0.25, 0.3) is 22.4 Å². The lowest BCUT2D eigenvalue weighted by atomic mass is 10.1. The Kier molecular flexibility index (Phi) is 6.56. The second kappa shape index (κ2) is 10.1. The molecular weight excluding hydrogens is 513 g/mol. The quantitative estimate of drug-likeness (QED) is 0.232. The van der Waals surface area contributed by atoms with Crippen molar-refractivity contribution in [3.05, 3.63) is 101 Å². The molecule has 0 saturated heterocycles. The molecule has 2 N–H and O–H groups in total. The number of nitrogens with one attached hydrogen (secondary N) is 1. The highest BCUT2D eigenvalue weighted by molar-refractivity contribution is 6.00. The Balaban J connectivity index is 1.31. The van der Waals surface area contributed by atoms with Crippen LogP contribution in [0.1, 0.15) is 32.9 Å². The van der Waals surface area contributed by atoms with E-state index in [9.17, 15) is 23.1 Å². The summed E-state index contributed by atoms with van der Waals surface area (Å²) in [6.45, 7) is 0.200. The van der Waals surface area contributed by atoms with Crippen LogP contribution in [0.4, 0.5) is 13.2 Å². The molecule has 12 heteroatoms. The smallest absolute Gasteiger partial charge is 0.416 e. The number of nitrogens with zero attached hydrogens (tertiary/aromatic N) is 5. The third kappa shape index (κ3) is 5.33. The van der Waals surface area contributed by atoms with Gasteiger partial charge in [-0.3, -0.25) is 4.79 Å². The average Bonchev–Trinajstić information content (AvgIpc) is 3.56. The van der Waals surface area contributed by atoms with Crippen molar-refractivity contribution in [1.82, 2.24) is 20.1 Å². The molecule has 0 aliphatic carbocycles. The van der Waals surface area contributed by atoms with E-state index in [1.54, 1.807) is 24.4 Å². The van der Waals surface area contributed by atoms with Crippen LogP contribution in [-0.4, -0.2) is 31.9 Å². The van der Waals surface area contributed by atoms with E-state index in [0.717, 1.165) is 23.0 Å². The van der Waals surface area contributed by atoms with Crippen molar-refractivity contribution < 1.29 is 27.6 Å². The number of hydrogen-bond donors (Lipinski definition) is 2. The van der Waals surface area contributed by atoms with Gasteiger partial charge in [0.25, 0.3) is 11.8 Å². The number of rotatable bonds is 6. The molecule has 0 spiro atoms. The second-order valence-corrected chi connectivity index (χ2v) is 8.36. The molecule has 0 aliphatic heterocycles. The number of carbonyl (C=O) groups excluding carboxylic acids is 1. The van der Waals surface area contributed by atoms with Gasteiger partial charge in [0.1, 0.15) is 11.8 Å². The Labute approximate surface area is 218 Å². The Morgan fingerprint density at radius 3 is 2.77 bits per heavy atom. The van der Waals surface area contributed by atoms with E-state index < -0.39 is 17.6 Å². The maximum Gasteiger partial charge on any atom is 0.416 e. The fourth-order valence-electron chi connectivity index (χ4n) is 3.91. The maximum atomic E-state index is 13.0. The molecule has 0 saturated carbocycles. The normalized spacial score (nSPS) is 11.6. The molecule has 39 heavy (non-hydrogen) atoms. The van der Waals surface area contributed by atoms with Crippen LogP contribution >= 0.6 is 0 Å². The predicted octanol–water partition coefficient (Wildman–Crippen LogP) is 5.10. The van der Waals surface area contributed by atoms with Crippen LogP contribution < -0.4 is 5.43 Å². The summed E-state index contributed by atoms with van der Waals surface area (Å²) in [6.07, 6.45) is -1.23. The van der Waals surface area contributed by atoms with E-state index >= 15 is 0 Å². The standard InChI is InChI=1S/C27H17F3N6O3/c28-27(29,30)20-5-1-3-17(12-20)26-33-24(35-39-26)15-36-10-9-21-18(4-2-6-22(21)36)14-32-34-25(38)16-7-8-23(37)19(11-16)13-31/h1-12,14,37H,15H2,(H,34,38). The van der Waals surface area contributed by atoms with Gasteiger partial charge in [0.05, 0.1) is 23.9 Å². The van der Waals surface area contributed by atoms with Gasteiger partial charge in [-0.05, 0) is 48.5 Å². The van der Waals surface area contributed by atoms with Crippen molar-refractivity contribution >= 4 is 23.0 Å². The van der Waals surface area contributed by atoms with E-state index in [2.05, 4.69) is 20.7 Å². The summed E-state index contributed by atoms with van der Waals surface area (Å²) in [6, 6.07) is 17.7. The molecule has 0 fully saturated rings. The molecule has 9 nitrogen and oxygen atoms in total. The highest BCUT2D eigenvalue weighted by Crippen LogP contribution is 2.32. The first-order valence-electron chi connectivity index (χ1n) is 11.4. The summed E-state index contributed by atoms with van der Waals surface area (Å²) in [5, 5.41) is 27.3. The number of alkyl halides is 3.